The Hall–Kier alpha value is -2.96. The van der Waals surface area contributed by atoms with Gasteiger partial charge in [0.15, 0.2) is 0 Å². The van der Waals surface area contributed by atoms with E-state index in [2.05, 4.69) is 118 Å². The first kappa shape index (κ1) is 147. The fraction of sp³-hybridized carbons (Fsp3) is 0.830. The summed E-state index contributed by atoms with van der Waals surface area (Å²) >= 11 is 0. The Morgan fingerprint density at radius 2 is 0.465 bits per heavy atom. The normalized spacial score (nSPS) is 13.2. The van der Waals surface area contributed by atoms with Crippen LogP contribution in [0.4, 0.5) is 0 Å². The number of benzene rings is 2. The van der Waals surface area contributed by atoms with Gasteiger partial charge in [-0.15, -0.1) is 0 Å². The lowest BCUT2D eigenvalue weighted by Crippen LogP contribution is -2.32. The third kappa shape index (κ3) is 99.7. The van der Waals surface area contributed by atoms with Crippen LogP contribution in [0.5, 0.6) is 0 Å². The second kappa shape index (κ2) is 97.0. The van der Waals surface area contributed by atoms with E-state index in [4.69, 9.17) is 135 Å². The van der Waals surface area contributed by atoms with E-state index in [1.807, 2.05) is 13.8 Å². The van der Waals surface area contributed by atoms with Crippen molar-refractivity contribution >= 4 is 60.3 Å². The number of ether oxygens (including phenoxy) is 10. The number of nitriles is 4. The molecule has 0 aliphatic heterocycles. The van der Waals surface area contributed by atoms with Gasteiger partial charge in [0.1, 0.15) is 0 Å². The third-order valence-electron chi connectivity index (χ3n) is 21.2. The lowest BCUT2D eigenvalue weighted by atomic mass is 9.94. The topological polar surface area (TPSA) is 561 Å². The van der Waals surface area contributed by atoms with Crippen molar-refractivity contribution in [3.63, 3.8) is 0 Å². The van der Waals surface area contributed by atoms with Crippen LogP contribution in [0.1, 0.15) is 168 Å². The average Bonchev–Trinajstić information content (AvgIpc) is 0.867. The first-order valence-electron chi connectivity index (χ1n) is 50.3. The first-order valence-corrected chi connectivity index (χ1v) is 65.4. The fourth-order valence-corrected chi connectivity index (χ4v) is 21.6. The van der Waals surface area contributed by atoms with E-state index in [1.165, 1.54) is 11.1 Å². The van der Waals surface area contributed by atoms with Crippen molar-refractivity contribution in [2.24, 2.45) is 0 Å². The summed E-state index contributed by atoms with van der Waals surface area (Å²) in [5.74, 6) is 1.13. The summed E-state index contributed by atoms with van der Waals surface area (Å²) in [5.41, 5.74) is 2.78. The molecule has 0 fully saturated rings. The Balaban J connectivity index is -0.000000819. The minimum atomic E-state index is -4.12. The highest BCUT2D eigenvalue weighted by molar-refractivity contribution is 7.58. The molecule has 0 bridgehead atoms. The molecular weight excluding hydrogens is 2030 g/mol. The van der Waals surface area contributed by atoms with Gasteiger partial charge in [-0.05, 0) is 129 Å². The summed E-state index contributed by atoms with van der Waals surface area (Å²) in [6, 6.07) is 29.9. The Kier molecular flexibility index (Phi) is 99.2. The van der Waals surface area contributed by atoms with E-state index in [1.54, 1.807) is 79.3 Å². The average molecular weight is 2220 g/mol. The summed E-state index contributed by atoms with van der Waals surface area (Å²) in [7, 11) is -21.5. The van der Waals surface area contributed by atoms with Crippen LogP contribution in [-0.4, -0.2) is 423 Å². The van der Waals surface area contributed by atoms with E-state index in [0.29, 0.717) is 233 Å². The van der Waals surface area contributed by atoms with Gasteiger partial charge < -0.3 is 143 Å². The van der Waals surface area contributed by atoms with Crippen molar-refractivity contribution < 1.29 is 150 Å². The summed E-state index contributed by atoms with van der Waals surface area (Å²) in [6.45, 7) is 40.0. The van der Waals surface area contributed by atoms with Crippen molar-refractivity contribution in [1.29, 1.82) is 21.0 Å². The molecule has 0 saturated heterocycles. The van der Waals surface area contributed by atoms with Gasteiger partial charge in [0, 0.05) is 250 Å². The van der Waals surface area contributed by atoms with Gasteiger partial charge in [0.2, 0.25) is 14.7 Å². The van der Waals surface area contributed by atoms with E-state index in [-0.39, 0.29) is 50.8 Å². The highest BCUT2D eigenvalue weighted by Crippen LogP contribution is 2.50. The second-order valence-corrected chi connectivity index (χ2v) is 50.2. The lowest BCUT2D eigenvalue weighted by molar-refractivity contribution is 0.0656. The standard InChI is InChI=1S/2C20H29N3O.2C17H39NO7P2.2C10H25NO8P2/c2*1-2-19(20-9-4-3-5-10-20)11-18-24-17-8-16-23(14-6-12-21)15-7-13-22;2*1-6-23-26(5,19)16-11-18(10-9-13-22-15-14-21-4)12-17-27(20,24-7-2)25-8-3;2*1-18-7-8-19-6-2-3-11(4-9-20(12,13)14)5-10-21(15,16)17/h2*3-5,9-10,19H,2,6-8,11,14-18H2,1H3;2*6-17H2,1-5H3;2*2-10H2,1H3,(H2,12,13,14)(H2,15,16,17). The minimum Gasteiger partial charge on any atom is -0.382 e. The molecular formula is C94H186N10O32P8. The maximum atomic E-state index is 12.7. The van der Waals surface area contributed by atoms with Gasteiger partial charge in [-0.2, -0.15) is 21.0 Å². The van der Waals surface area contributed by atoms with Crippen LogP contribution < -0.4 is 0 Å². The monoisotopic (exact) mass is 2220 g/mol. The molecule has 2 aromatic rings. The SMILES string of the molecule is CCC(CCOCCCN(CCC#N)CCC#N)c1ccccc1.CCC(CCOCCCN(CCC#N)CCC#N)c1ccccc1.CCOP(C)(=O)CCN(CCCOCCOC)CCP(=O)(OCC)OCC.CCOP(C)(=O)CCN(CCCOCCOC)CCP(=O)(OCC)OCC.COCCOCCCN(CCP(=O)(O)O)CCP(=O)(O)O.COCCOCCCN(CCP(=O)(O)O)CCP(=O)(O)O. The molecule has 8 N–H and O–H groups in total. The molecule has 844 valence electrons. The number of hydrogen-bond donors (Lipinski definition) is 8. The maximum absolute atomic E-state index is 12.7. The molecule has 0 aromatic heterocycles. The Labute approximate surface area is 863 Å². The Morgan fingerprint density at radius 3 is 0.660 bits per heavy atom. The molecule has 144 heavy (non-hydrogen) atoms. The number of hydrogen-bond acceptors (Lipinski definition) is 34. The Bertz CT molecular complexity index is 3540. The minimum absolute atomic E-state index is 0.0857. The highest BCUT2D eigenvalue weighted by Gasteiger charge is 2.29. The third-order valence-corrected chi connectivity index (χ3v) is 32.0. The zero-order valence-corrected chi connectivity index (χ0v) is 96.3. The molecule has 50 heteroatoms. The highest BCUT2D eigenvalue weighted by atomic mass is 31.2. The predicted molar refractivity (Wildman–Crippen MR) is 567 cm³/mol. The fourth-order valence-electron chi connectivity index (χ4n) is 13.5. The molecule has 0 heterocycles. The summed E-state index contributed by atoms with van der Waals surface area (Å²) in [6.07, 6.45) is 11.3. The van der Waals surface area contributed by atoms with E-state index >= 15 is 0 Å². The molecule has 0 aliphatic carbocycles. The van der Waals surface area contributed by atoms with Crippen LogP contribution in [0.25, 0.3) is 0 Å². The largest absolute Gasteiger partial charge is 0.382 e. The Morgan fingerprint density at radius 1 is 0.264 bits per heavy atom. The quantitative estimate of drug-likeness (QED) is 0.0225. The molecule has 4 unspecified atom stereocenters. The van der Waals surface area contributed by atoms with Crippen molar-refractivity contribution in [3.05, 3.63) is 71.8 Å². The first-order chi connectivity index (χ1) is 68.5. The van der Waals surface area contributed by atoms with Crippen LogP contribution in [-0.2, 0) is 111 Å². The van der Waals surface area contributed by atoms with Crippen LogP contribution in [0.2, 0.25) is 0 Å². The zero-order chi connectivity index (χ0) is 109. The van der Waals surface area contributed by atoms with Crippen molar-refractivity contribution in [2.45, 2.75) is 157 Å². The van der Waals surface area contributed by atoms with Gasteiger partial charge in [-0.25, -0.2) is 0 Å². The maximum Gasteiger partial charge on any atom is 0.331 e. The molecule has 0 spiro atoms. The molecule has 4 atom stereocenters. The van der Waals surface area contributed by atoms with Gasteiger partial charge in [0.05, 0.1) is 154 Å². The summed E-state index contributed by atoms with van der Waals surface area (Å²) in [4.78, 5) is 82.7. The second-order valence-electron chi connectivity index (χ2n) is 33.3. The van der Waals surface area contributed by atoms with Gasteiger partial charge >= 0.3 is 45.6 Å². The van der Waals surface area contributed by atoms with Crippen molar-refractivity contribution in [3.8, 4) is 24.3 Å². The van der Waals surface area contributed by atoms with Crippen LogP contribution in [0.3, 0.4) is 0 Å². The smallest absolute Gasteiger partial charge is 0.331 e. The number of methoxy groups -OCH3 is 4. The van der Waals surface area contributed by atoms with E-state index < -0.39 is 60.3 Å². The van der Waals surface area contributed by atoms with Crippen LogP contribution >= 0.6 is 60.3 Å². The van der Waals surface area contributed by atoms with Crippen molar-refractivity contribution in [1.82, 2.24) is 29.4 Å². The molecule has 2 aromatic carbocycles. The molecule has 0 saturated carbocycles. The predicted octanol–water partition coefficient (Wildman–Crippen LogP) is 14.7. The molecule has 0 radical (unpaired) electrons. The van der Waals surface area contributed by atoms with Crippen LogP contribution in [0.15, 0.2) is 60.7 Å². The number of nitrogens with zero attached hydrogens (tertiary/aromatic N) is 10. The van der Waals surface area contributed by atoms with Gasteiger partial charge in [-0.1, -0.05) is 74.5 Å². The summed E-state index contributed by atoms with van der Waals surface area (Å²) < 4.78 is 178. The molecule has 0 aliphatic rings. The summed E-state index contributed by atoms with van der Waals surface area (Å²) in [5, 5.41) is 34.7. The van der Waals surface area contributed by atoms with E-state index in [9.17, 15) is 36.5 Å². The zero-order valence-electron chi connectivity index (χ0n) is 89.2. The van der Waals surface area contributed by atoms with E-state index in [0.717, 1.165) is 130 Å². The lowest BCUT2D eigenvalue weighted by Gasteiger charge is -2.26. The van der Waals surface area contributed by atoms with Gasteiger partial charge in [-0.3, -0.25) is 36.5 Å². The molecule has 0 amide bonds. The van der Waals surface area contributed by atoms with Crippen molar-refractivity contribution in [2.75, 3.05) is 354 Å². The molecule has 42 nitrogen and oxygen atoms in total. The number of rotatable bonds is 90. The molecule has 2 rings (SSSR count). The van der Waals surface area contributed by atoms with Crippen LogP contribution in [0, 0.1) is 45.3 Å². The van der Waals surface area contributed by atoms with Gasteiger partial charge in [0.25, 0.3) is 0 Å².